The maximum absolute atomic E-state index is 12.0. The molecule has 0 saturated heterocycles. The van der Waals surface area contributed by atoms with Crippen molar-refractivity contribution in [3.05, 3.63) is 52.7 Å². The highest BCUT2D eigenvalue weighted by Crippen LogP contribution is 2.15. The normalized spacial score (nSPS) is 11.2. The number of nitrogens with zero attached hydrogens (tertiary/aromatic N) is 1. The van der Waals surface area contributed by atoms with Crippen LogP contribution in [0, 0.1) is 6.92 Å². The first kappa shape index (κ1) is 12.3. The van der Waals surface area contributed by atoms with E-state index < -0.39 is 15.5 Å². The Morgan fingerprint density at radius 1 is 1.33 bits per heavy atom. The zero-order valence-corrected chi connectivity index (χ0v) is 10.4. The van der Waals surface area contributed by atoms with Gasteiger partial charge in [-0.1, -0.05) is 0 Å². The molecule has 0 aromatic carbocycles. The van der Waals surface area contributed by atoms with Crippen LogP contribution in [0.25, 0.3) is 0 Å². The van der Waals surface area contributed by atoms with Crippen LogP contribution in [-0.4, -0.2) is 18.4 Å². The van der Waals surface area contributed by atoms with Gasteiger partial charge in [0.25, 0.3) is 10.0 Å². The molecular weight excluding hydrogens is 254 g/mol. The van der Waals surface area contributed by atoms with Crippen molar-refractivity contribution in [1.29, 1.82) is 0 Å². The lowest BCUT2D eigenvalue weighted by molar-refractivity contribution is 0.600. The van der Waals surface area contributed by atoms with Crippen molar-refractivity contribution < 1.29 is 8.42 Å². The lowest BCUT2D eigenvalue weighted by Gasteiger charge is -2.08. The summed E-state index contributed by atoms with van der Waals surface area (Å²) in [4.78, 5) is 17.7. The van der Waals surface area contributed by atoms with Gasteiger partial charge in [0.1, 0.15) is 0 Å². The first-order valence-corrected chi connectivity index (χ1v) is 6.60. The fraction of sp³-hybridized carbons (Fsp3) is 0.0909. The molecule has 2 N–H and O–H groups in total. The van der Waals surface area contributed by atoms with Gasteiger partial charge in [0.2, 0.25) is 5.43 Å². The molecule has 0 aliphatic heterocycles. The quantitative estimate of drug-likeness (QED) is 0.861. The van der Waals surface area contributed by atoms with Crippen molar-refractivity contribution >= 4 is 15.7 Å². The van der Waals surface area contributed by atoms with E-state index in [1.807, 2.05) is 0 Å². The van der Waals surface area contributed by atoms with Crippen LogP contribution in [-0.2, 0) is 10.0 Å². The second-order valence-corrected chi connectivity index (χ2v) is 5.27. The van der Waals surface area contributed by atoms with Gasteiger partial charge in [-0.05, 0) is 19.1 Å². The number of hydrogen-bond donors (Lipinski definition) is 2. The van der Waals surface area contributed by atoms with Crippen LogP contribution < -0.4 is 10.2 Å². The predicted octanol–water partition coefficient (Wildman–Crippen LogP) is 0.879. The van der Waals surface area contributed by atoms with Crippen LogP contribution in [0.5, 0.6) is 0 Å². The summed E-state index contributed by atoms with van der Waals surface area (Å²) >= 11 is 0. The molecule has 2 aromatic rings. The Morgan fingerprint density at radius 3 is 2.78 bits per heavy atom. The average Bonchev–Trinajstić information content (AvgIpc) is 2.32. The molecule has 0 atom stereocenters. The van der Waals surface area contributed by atoms with E-state index in [0.717, 1.165) is 12.3 Å². The Kier molecular flexibility index (Phi) is 3.15. The molecule has 0 radical (unpaired) electrons. The van der Waals surface area contributed by atoms with Gasteiger partial charge in [0, 0.05) is 24.7 Å². The number of nitrogens with one attached hydrogen (secondary N) is 2. The van der Waals surface area contributed by atoms with Crippen LogP contribution in [0.4, 0.5) is 5.69 Å². The zero-order chi connectivity index (χ0) is 13.2. The largest absolute Gasteiger partial charge is 0.366 e. The summed E-state index contributed by atoms with van der Waals surface area (Å²) in [6, 6.07) is 4.35. The van der Waals surface area contributed by atoms with Crippen molar-refractivity contribution in [3.8, 4) is 0 Å². The third-order valence-electron chi connectivity index (χ3n) is 2.33. The molecule has 2 heterocycles. The number of aryl methyl sites for hydroxylation is 1. The minimum atomic E-state index is -3.90. The van der Waals surface area contributed by atoms with Crippen LogP contribution in [0.15, 0.2) is 46.5 Å². The Morgan fingerprint density at radius 2 is 2.11 bits per heavy atom. The number of sulfonamides is 1. The number of aromatic nitrogens is 2. The summed E-state index contributed by atoms with van der Waals surface area (Å²) in [5, 5.41) is 0. The van der Waals surface area contributed by atoms with E-state index in [0.29, 0.717) is 11.4 Å². The van der Waals surface area contributed by atoms with Gasteiger partial charge < -0.3 is 4.98 Å². The summed E-state index contributed by atoms with van der Waals surface area (Å²) in [7, 11) is -3.90. The third-order valence-corrected chi connectivity index (χ3v) is 3.72. The van der Waals surface area contributed by atoms with Crippen molar-refractivity contribution in [3.63, 3.8) is 0 Å². The van der Waals surface area contributed by atoms with Crippen molar-refractivity contribution in [2.75, 3.05) is 4.72 Å². The first-order valence-electron chi connectivity index (χ1n) is 5.12. The molecule has 2 rings (SSSR count). The maximum atomic E-state index is 12.0. The molecule has 6 nitrogen and oxygen atoms in total. The monoisotopic (exact) mass is 265 g/mol. The summed E-state index contributed by atoms with van der Waals surface area (Å²) in [6.07, 6.45) is 4.08. The topological polar surface area (TPSA) is 91.9 Å². The molecule has 94 valence electrons. The fourth-order valence-corrected chi connectivity index (χ4v) is 2.57. The summed E-state index contributed by atoms with van der Waals surface area (Å²) in [5.41, 5.74) is 0.317. The van der Waals surface area contributed by atoms with Gasteiger partial charge in [0.05, 0.1) is 11.4 Å². The van der Waals surface area contributed by atoms with Crippen molar-refractivity contribution in [2.45, 2.75) is 11.8 Å². The smallest absolute Gasteiger partial charge is 0.267 e. The SMILES string of the molecule is Cc1ncccc1NS(=O)(=O)c1c[nH]ccc1=O. The third kappa shape index (κ3) is 2.40. The first-order chi connectivity index (χ1) is 8.50. The van der Waals surface area contributed by atoms with Crippen molar-refractivity contribution in [1.82, 2.24) is 9.97 Å². The van der Waals surface area contributed by atoms with E-state index in [1.54, 1.807) is 25.3 Å². The van der Waals surface area contributed by atoms with Crippen LogP contribution >= 0.6 is 0 Å². The number of H-pyrrole nitrogens is 1. The number of anilines is 1. The van der Waals surface area contributed by atoms with Crippen LogP contribution in [0.3, 0.4) is 0 Å². The van der Waals surface area contributed by atoms with Crippen LogP contribution in [0.1, 0.15) is 5.69 Å². The predicted molar refractivity (Wildman–Crippen MR) is 66.8 cm³/mol. The molecule has 7 heteroatoms. The molecular formula is C11H11N3O3S. The number of aromatic amines is 1. The van der Waals surface area contributed by atoms with Gasteiger partial charge in [0.15, 0.2) is 4.90 Å². The van der Waals surface area contributed by atoms with Gasteiger partial charge >= 0.3 is 0 Å². The van der Waals surface area contributed by atoms with E-state index in [1.165, 1.54) is 6.20 Å². The molecule has 0 unspecified atom stereocenters. The molecule has 18 heavy (non-hydrogen) atoms. The Labute approximate surface area is 104 Å². The molecule has 0 fully saturated rings. The Hall–Kier alpha value is -2.15. The van der Waals surface area contributed by atoms with E-state index in [2.05, 4.69) is 14.7 Å². The lowest BCUT2D eigenvalue weighted by Crippen LogP contribution is -2.21. The molecule has 2 aromatic heterocycles. The van der Waals surface area contributed by atoms with Gasteiger partial charge in [-0.3, -0.25) is 14.5 Å². The summed E-state index contributed by atoms with van der Waals surface area (Å²) in [5.74, 6) is 0. The number of hydrogen-bond acceptors (Lipinski definition) is 4. The summed E-state index contributed by atoms with van der Waals surface area (Å²) < 4.78 is 26.4. The second-order valence-electron chi connectivity index (χ2n) is 3.61. The summed E-state index contributed by atoms with van der Waals surface area (Å²) in [6.45, 7) is 1.67. The highest BCUT2D eigenvalue weighted by Gasteiger charge is 2.18. The minimum Gasteiger partial charge on any atom is -0.366 e. The Balaban J connectivity index is 2.43. The van der Waals surface area contributed by atoms with E-state index in [4.69, 9.17) is 0 Å². The number of rotatable bonds is 3. The molecule has 0 spiro atoms. The van der Waals surface area contributed by atoms with E-state index >= 15 is 0 Å². The fourth-order valence-electron chi connectivity index (χ4n) is 1.40. The average molecular weight is 265 g/mol. The van der Waals surface area contributed by atoms with E-state index in [9.17, 15) is 13.2 Å². The Bertz CT molecular complexity index is 722. The molecule has 0 aliphatic rings. The highest BCUT2D eigenvalue weighted by atomic mass is 32.2. The van der Waals surface area contributed by atoms with Gasteiger partial charge in [-0.15, -0.1) is 0 Å². The van der Waals surface area contributed by atoms with Gasteiger partial charge in [-0.25, -0.2) is 8.42 Å². The maximum Gasteiger partial charge on any atom is 0.267 e. The molecule has 0 bridgehead atoms. The van der Waals surface area contributed by atoms with Crippen LogP contribution in [0.2, 0.25) is 0 Å². The number of pyridine rings is 2. The van der Waals surface area contributed by atoms with Gasteiger partial charge in [-0.2, -0.15) is 0 Å². The molecule has 0 saturated carbocycles. The molecule has 0 amide bonds. The lowest BCUT2D eigenvalue weighted by atomic mass is 10.3. The van der Waals surface area contributed by atoms with E-state index in [-0.39, 0.29) is 4.90 Å². The second kappa shape index (κ2) is 4.61. The molecule has 0 aliphatic carbocycles. The van der Waals surface area contributed by atoms with Crippen molar-refractivity contribution in [2.24, 2.45) is 0 Å². The minimum absolute atomic E-state index is 0.326. The highest BCUT2D eigenvalue weighted by molar-refractivity contribution is 7.92. The standard InChI is InChI=1S/C11H11N3O3S/c1-8-9(3-2-5-13-8)14-18(16,17)11-7-12-6-4-10(11)15/h2-7,14H,1H3,(H,12,15). The zero-order valence-electron chi connectivity index (χ0n) is 9.54.